The number of aliphatic hydroxyl groups excluding tert-OH is 1. The number of carbonyl (C=O) groups is 1. The number of rotatable bonds is 1. The summed E-state index contributed by atoms with van der Waals surface area (Å²) in [6.07, 6.45) is 2.92. The highest BCUT2D eigenvalue weighted by Crippen LogP contribution is 2.22. The Morgan fingerprint density at radius 2 is 2.33 bits per heavy atom. The van der Waals surface area contributed by atoms with Gasteiger partial charge in [-0.1, -0.05) is 13.0 Å². The summed E-state index contributed by atoms with van der Waals surface area (Å²) in [6.45, 7) is 3.74. The minimum Gasteiger partial charge on any atom is -0.458 e. The van der Waals surface area contributed by atoms with Crippen molar-refractivity contribution in [3.8, 4) is 0 Å². The van der Waals surface area contributed by atoms with Gasteiger partial charge in [-0.25, -0.2) is 0 Å². The molecule has 0 amide bonds. The Kier molecular flexibility index (Phi) is 2.87. The van der Waals surface area contributed by atoms with Gasteiger partial charge < -0.3 is 9.84 Å². The van der Waals surface area contributed by atoms with E-state index in [0.717, 1.165) is 0 Å². The first-order chi connectivity index (χ1) is 5.65. The van der Waals surface area contributed by atoms with E-state index >= 15 is 0 Å². The summed E-state index contributed by atoms with van der Waals surface area (Å²) < 4.78 is 5.02. The van der Waals surface area contributed by atoms with Crippen molar-refractivity contribution in [3.63, 3.8) is 0 Å². The van der Waals surface area contributed by atoms with Crippen LogP contribution in [0.15, 0.2) is 12.2 Å². The van der Waals surface area contributed by atoms with Crippen molar-refractivity contribution in [1.82, 2.24) is 0 Å². The summed E-state index contributed by atoms with van der Waals surface area (Å²) in [6, 6.07) is 0. The third kappa shape index (κ3) is 1.85. The quantitative estimate of drug-likeness (QED) is 0.469. The number of ether oxygens (including phenoxy) is 1. The third-order valence-electron chi connectivity index (χ3n) is 2.15. The third-order valence-corrected chi connectivity index (χ3v) is 2.15. The summed E-state index contributed by atoms with van der Waals surface area (Å²) in [5, 5.41) is 9.41. The average Bonchev–Trinajstić information content (AvgIpc) is 2.00. The number of aliphatic hydroxyl groups is 1. The molecule has 68 valence electrons. The van der Waals surface area contributed by atoms with Crippen LogP contribution in [0.4, 0.5) is 0 Å². The van der Waals surface area contributed by atoms with E-state index in [9.17, 15) is 9.90 Å². The van der Waals surface area contributed by atoms with Crippen LogP contribution in [0, 0.1) is 5.92 Å². The normalized spacial score (nSPS) is 36.9. The number of hydrogen-bond donors (Lipinski definition) is 1. The fourth-order valence-electron chi connectivity index (χ4n) is 1.29. The van der Waals surface area contributed by atoms with Crippen LogP contribution in [0.5, 0.6) is 0 Å². The smallest absolute Gasteiger partial charge is 0.309 e. The second-order valence-corrected chi connectivity index (χ2v) is 3.11. The van der Waals surface area contributed by atoms with Gasteiger partial charge in [-0.3, -0.25) is 4.79 Å². The lowest BCUT2D eigenvalue weighted by Crippen LogP contribution is -2.39. The first-order valence-corrected chi connectivity index (χ1v) is 4.15. The molecular formula is C9H14O3. The van der Waals surface area contributed by atoms with Crippen LogP contribution in [0.3, 0.4) is 0 Å². The number of hydrogen-bond acceptors (Lipinski definition) is 3. The van der Waals surface area contributed by atoms with Crippen LogP contribution in [0.2, 0.25) is 0 Å². The van der Waals surface area contributed by atoms with Crippen LogP contribution in [-0.4, -0.2) is 23.3 Å². The molecular weight excluding hydrogens is 156 g/mol. The summed E-state index contributed by atoms with van der Waals surface area (Å²) in [5.74, 6) is -0.317. The molecule has 1 N–H and O–H groups in total. The molecule has 3 nitrogen and oxygen atoms in total. The molecule has 3 heteroatoms. The highest BCUT2D eigenvalue weighted by atomic mass is 16.5. The summed E-state index contributed by atoms with van der Waals surface area (Å²) in [7, 11) is 0. The molecule has 0 bridgehead atoms. The van der Waals surface area contributed by atoms with E-state index in [1.165, 1.54) is 0 Å². The van der Waals surface area contributed by atoms with Crippen LogP contribution in [0.1, 0.15) is 20.3 Å². The lowest BCUT2D eigenvalue weighted by atomic mass is 9.93. The van der Waals surface area contributed by atoms with E-state index in [0.29, 0.717) is 0 Å². The van der Waals surface area contributed by atoms with E-state index in [-0.39, 0.29) is 24.4 Å². The zero-order valence-corrected chi connectivity index (χ0v) is 7.36. The topological polar surface area (TPSA) is 46.5 Å². The van der Waals surface area contributed by atoms with E-state index in [1.807, 2.05) is 19.9 Å². The van der Waals surface area contributed by atoms with E-state index < -0.39 is 6.10 Å². The van der Waals surface area contributed by atoms with Crippen LogP contribution < -0.4 is 0 Å². The molecule has 1 heterocycles. The summed E-state index contributed by atoms with van der Waals surface area (Å²) in [4.78, 5) is 10.9. The Balaban J connectivity index is 2.65. The van der Waals surface area contributed by atoms with Crippen LogP contribution in [0.25, 0.3) is 0 Å². The van der Waals surface area contributed by atoms with Gasteiger partial charge >= 0.3 is 5.97 Å². The van der Waals surface area contributed by atoms with Crippen molar-refractivity contribution in [3.05, 3.63) is 12.2 Å². The number of cyclic esters (lactones) is 1. The van der Waals surface area contributed by atoms with Crippen molar-refractivity contribution >= 4 is 5.97 Å². The lowest BCUT2D eigenvalue weighted by Gasteiger charge is -2.30. The number of esters is 1. The van der Waals surface area contributed by atoms with Gasteiger partial charge in [-0.15, -0.1) is 0 Å². The molecule has 0 aromatic heterocycles. The Morgan fingerprint density at radius 1 is 1.67 bits per heavy atom. The maximum atomic E-state index is 10.9. The molecule has 0 aromatic rings. The summed E-state index contributed by atoms with van der Waals surface area (Å²) >= 11 is 0. The van der Waals surface area contributed by atoms with Gasteiger partial charge in [0.15, 0.2) is 0 Å². The van der Waals surface area contributed by atoms with Crippen LogP contribution >= 0.6 is 0 Å². The first-order valence-electron chi connectivity index (χ1n) is 4.15. The maximum Gasteiger partial charge on any atom is 0.309 e. The molecule has 0 aliphatic carbocycles. The second kappa shape index (κ2) is 3.72. The SMILES string of the molecule is C/C=C/[C@@H]1OC(=O)C[C@@H](O)[C@@H]1C. The van der Waals surface area contributed by atoms with E-state index in [1.54, 1.807) is 6.08 Å². The molecule has 0 aromatic carbocycles. The number of allylic oxidation sites excluding steroid dienone is 1. The minimum absolute atomic E-state index is 0.00102. The fourth-order valence-corrected chi connectivity index (χ4v) is 1.29. The van der Waals surface area contributed by atoms with Gasteiger partial charge in [-0.2, -0.15) is 0 Å². The van der Waals surface area contributed by atoms with Gasteiger partial charge in [0.2, 0.25) is 0 Å². The predicted octanol–water partition coefficient (Wildman–Crippen LogP) is 0.875. The van der Waals surface area contributed by atoms with E-state index in [2.05, 4.69) is 0 Å². The molecule has 0 unspecified atom stereocenters. The predicted molar refractivity (Wildman–Crippen MR) is 44.5 cm³/mol. The molecule has 1 saturated heterocycles. The molecule has 12 heavy (non-hydrogen) atoms. The van der Waals surface area contributed by atoms with Crippen molar-refractivity contribution in [2.45, 2.75) is 32.5 Å². The zero-order valence-electron chi connectivity index (χ0n) is 7.36. The molecule has 1 aliphatic heterocycles. The molecule has 0 spiro atoms. The van der Waals surface area contributed by atoms with Gasteiger partial charge in [0.05, 0.1) is 12.5 Å². The van der Waals surface area contributed by atoms with Gasteiger partial charge in [0.1, 0.15) is 6.10 Å². The Morgan fingerprint density at radius 3 is 2.92 bits per heavy atom. The lowest BCUT2D eigenvalue weighted by molar-refractivity contribution is -0.162. The van der Waals surface area contributed by atoms with Crippen molar-refractivity contribution in [2.24, 2.45) is 5.92 Å². The molecule has 1 rings (SSSR count). The molecule has 0 saturated carbocycles. The largest absolute Gasteiger partial charge is 0.458 e. The molecule has 1 aliphatic rings. The highest BCUT2D eigenvalue weighted by Gasteiger charge is 2.32. The van der Waals surface area contributed by atoms with Crippen LogP contribution in [-0.2, 0) is 9.53 Å². The average molecular weight is 170 g/mol. The minimum atomic E-state index is -0.563. The van der Waals surface area contributed by atoms with Gasteiger partial charge in [-0.05, 0) is 13.0 Å². The van der Waals surface area contributed by atoms with E-state index in [4.69, 9.17) is 4.74 Å². The molecule has 0 radical (unpaired) electrons. The summed E-state index contributed by atoms with van der Waals surface area (Å²) in [5.41, 5.74) is 0. The second-order valence-electron chi connectivity index (χ2n) is 3.11. The maximum absolute atomic E-state index is 10.9. The fraction of sp³-hybridized carbons (Fsp3) is 0.667. The Hall–Kier alpha value is -0.830. The molecule has 1 fully saturated rings. The van der Waals surface area contributed by atoms with Crippen molar-refractivity contribution < 1.29 is 14.6 Å². The number of carbonyl (C=O) groups excluding carboxylic acids is 1. The van der Waals surface area contributed by atoms with Gasteiger partial charge in [0.25, 0.3) is 0 Å². The first kappa shape index (κ1) is 9.26. The van der Waals surface area contributed by atoms with Gasteiger partial charge in [0, 0.05) is 5.92 Å². The highest BCUT2D eigenvalue weighted by molar-refractivity contribution is 5.71. The monoisotopic (exact) mass is 170 g/mol. The zero-order chi connectivity index (χ0) is 9.14. The molecule has 3 atom stereocenters. The standard InChI is InChI=1S/C9H14O3/c1-3-4-8-6(2)7(10)5-9(11)12-8/h3-4,6-8,10H,5H2,1-2H3/b4-3+/t6-,7+,8-/m0/s1. The van der Waals surface area contributed by atoms with Crippen molar-refractivity contribution in [2.75, 3.05) is 0 Å². The Bertz CT molecular complexity index is 198. The Labute approximate surface area is 72.0 Å². The van der Waals surface area contributed by atoms with Crippen molar-refractivity contribution in [1.29, 1.82) is 0 Å².